The number of nitrogens with two attached hydrogens (primary N) is 1. The molecule has 1 spiro atoms. The first kappa shape index (κ1) is 10.8. The van der Waals surface area contributed by atoms with Crippen LogP contribution in [0.25, 0.3) is 0 Å². The Morgan fingerprint density at radius 2 is 2.36 bits per heavy atom. The van der Waals surface area contributed by atoms with Crippen LogP contribution < -0.4 is 5.73 Å². The van der Waals surface area contributed by atoms with Gasteiger partial charge in [0.05, 0.1) is 5.60 Å². The molecule has 0 aromatic rings. The molecule has 1 saturated carbocycles. The van der Waals surface area contributed by atoms with Crippen LogP contribution in [0.5, 0.6) is 0 Å². The van der Waals surface area contributed by atoms with E-state index in [1.807, 2.05) is 0 Å². The molecule has 2 unspecified atom stereocenters. The molecule has 0 bridgehead atoms. The first-order chi connectivity index (χ1) is 6.74. The lowest BCUT2D eigenvalue weighted by atomic mass is 9.75. The third-order valence-electron chi connectivity index (χ3n) is 3.47. The summed E-state index contributed by atoms with van der Waals surface area (Å²) in [4.78, 5) is 0. The van der Waals surface area contributed by atoms with E-state index in [0.717, 1.165) is 18.4 Å². The molecule has 3 heteroatoms. The van der Waals surface area contributed by atoms with Gasteiger partial charge >= 0.3 is 0 Å². The fraction of sp³-hybridized carbons (Fsp3) is 1.00. The van der Waals surface area contributed by atoms with Crippen molar-refractivity contribution >= 4 is 11.8 Å². The average molecular weight is 215 g/mol. The summed E-state index contributed by atoms with van der Waals surface area (Å²) in [6, 6.07) is 0. The minimum Gasteiger partial charge on any atom is -0.375 e. The van der Waals surface area contributed by atoms with Crippen molar-refractivity contribution in [2.75, 3.05) is 13.2 Å². The van der Waals surface area contributed by atoms with E-state index in [-0.39, 0.29) is 0 Å². The van der Waals surface area contributed by atoms with Gasteiger partial charge in [-0.2, -0.15) is 11.8 Å². The van der Waals surface area contributed by atoms with Crippen molar-refractivity contribution in [2.24, 2.45) is 5.73 Å². The molecule has 2 fully saturated rings. The Balaban J connectivity index is 1.82. The van der Waals surface area contributed by atoms with Crippen molar-refractivity contribution in [3.05, 3.63) is 0 Å². The third kappa shape index (κ3) is 2.26. The highest BCUT2D eigenvalue weighted by molar-refractivity contribution is 8.00. The van der Waals surface area contributed by atoms with Crippen LogP contribution in [-0.4, -0.2) is 29.3 Å². The zero-order valence-corrected chi connectivity index (χ0v) is 9.81. The summed E-state index contributed by atoms with van der Waals surface area (Å²) in [6.07, 6.45) is 6.44. The number of rotatable bonds is 3. The zero-order chi connectivity index (χ0) is 10.0. The van der Waals surface area contributed by atoms with Gasteiger partial charge in [0.1, 0.15) is 0 Å². The summed E-state index contributed by atoms with van der Waals surface area (Å²) in [5.41, 5.74) is 5.95. The zero-order valence-electron chi connectivity index (χ0n) is 9.00. The maximum Gasteiger partial charge on any atom is 0.0693 e. The first-order valence-electron chi connectivity index (χ1n) is 5.74. The molecule has 2 nitrogen and oxygen atoms in total. The molecular weight excluding hydrogens is 194 g/mol. The normalized spacial score (nSPS) is 32.6. The topological polar surface area (TPSA) is 35.2 Å². The Morgan fingerprint density at radius 1 is 1.57 bits per heavy atom. The van der Waals surface area contributed by atoms with Crippen LogP contribution in [0.2, 0.25) is 0 Å². The van der Waals surface area contributed by atoms with Crippen molar-refractivity contribution in [1.29, 1.82) is 0 Å². The van der Waals surface area contributed by atoms with Gasteiger partial charge in [0.25, 0.3) is 0 Å². The smallest absolute Gasteiger partial charge is 0.0693 e. The molecule has 1 saturated heterocycles. The minimum absolute atomic E-state index is 0.296. The van der Waals surface area contributed by atoms with Crippen LogP contribution in [0.3, 0.4) is 0 Å². The summed E-state index contributed by atoms with van der Waals surface area (Å²) >= 11 is 2.07. The Hall–Kier alpha value is 0.270. The van der Waals surface area contributed by atoms with Gasteiger partial charge in [-0.05, 0) is 32.1 Å². The van der Waals surface area contributed by atoms with Crippen molar-refractivity contribution in [2.45, 2.75) is 55.1 Å². The molecule has 2 aliphatic rings. The molecule has 0 radical (unpaired) electrons. The van der Waals surface area contributed by atoms with E-state index >= 15 is 0 Å². The molecule has 1 aliphatic carbocycles. The summed E-state index contributed by atoms with van der Waals surface area (Å²) in [7, 11) is 0. The van der Waals surface area contributed by atoms with Gasteiger partial charge in [0.2, 0.25) is 0 Å². The molecule has 0 amide bonds. The number of hydrogen-bond donors (Lipinski definition) is 1. The Kier molecular flexibility index (Phi) is 3.40. The fourth-order valence-corrected chi connectivity index (χ4v) is 3.80. The molecule has 1 heterocycles. The van der Waals surface area contributed by atoms with Crippen molar-refractivity contribution in [3.8, 4) is 0 Å². The maximum absolute atomic E-state index is 5.90. The lowest BCUT2D eigenvalue weighted by Crippen LogP contribution is -2.46. The predicted molar refractivity (Wildman–Crippen MR) is 61.7 cm³/mol. The van der Waals surface area contributed by atoms with Crippen LogP contribution in [0.15, 0.2) is 0 Å². The van der Waals surface area contributed by atoms with Crippen molar-refractivity contribution in [3.63, 3.8) is 0 Å². The van der Waals surface area contributed by atoms with Crippen LogP contribution in [0.4, 0.5) is 0 Å². The summed E-state index contributed by atoms with van der Waals surface area (Å²) in [6.45, 7) is 4.00. The van der Waals surface area contributed by atoms with E-state index in [1.165, 1.54) is 32.1 Å². The Morgan fingerprint density at radius 3 is 2.93 bits per heavy atom. The van der Waals surface area contributed by atoms with Gasteiger partial charge in [0, 0.05) is 23.7 Å². The van der Waals surface area contributed by atoms with Gasteiger partial charge in [-0.25, -0.2) is 0 Å². The maximum atomic E-state index is 5.90. The fourth-order valence-electron chi connectivity index (χ4n) is 2.40. The Bertz CT molecular complexity index is 194. The predicted octanol–water partition coefficient (Wildman–Crippen LogP) is 2.17. The van der Waals surface area contributed by atoms with Crippen LogP contribution in [0, 0.1) is 0 Å². The monoisotopic (exact) mass is 215 g/mol. The number of thioether (sulfide) groups is 1. The molecule has 0 aromatic heterocycles. The number of hydrogen-bond acceptors (Lipinski definition) is 3. The molecular formula is C11H21NOS. The van der Waals surface area contributed by atoms with E-state index in [1.54, 1.807) is 0 Å². The van der Waals surface area contributed by atoms with Crippen LogP contribution >= 0.6 is 11.8 Å². The molecule has 2 atom stereocenters. The highest BCUT2D eigenvalue weighted by Gasteiger charge is 2.42. The van der Waals surface area contributed by atoms with Crippen LogP contribution in [0.1, 0.15) is 39.0 Å². The van der Waals surface area contributed by atoms with E-state index < -0.39 is 0 Å². The first-order valence-corrected chi connectivity index (χ1v) is 6.68. The minimum atomic E-state index is 0.296. The molecule has 1 aliphatic heterocycles. The van der Waals surface area contributed by atoms with E-state index in [9.17, 15) is 0 Å². The standard InChI is InChI=1S/C11H21NOS/c1-9(8-12)14-10-3-6-13-11(7-10)4-2-5-11/h9-10H,2-8,12H2,1H3. The van der Waals surface area contributed by atoms with Gasteiger partial charge in [0.15, 0.2) is 0 Å². The molecule has 2 rings (SSSR count). The summed E-state index contributed by atoms with van der Waals surface area (Å²) < 4.78 is 5.90. The molecule has 0 aromatic carbocycles. The second-order valence-electron chi connectivity index (χ2n) is 4.68. The second kappa shape index (κ2) is 4.42. The van der Waals surface area contributed by atoms with Crippen molar-refractivity contribution < 1.29 is 4.74 Å². The molecule has 2 N–H and O–H groups in total. The van der Waals surface area contributed by atoms with Gasteiger partial charge in [-0.15, -0.1) is 0 Å². The largest absolute Gasteiger partial charge is 0.375 e. The van der Waals surface area contributed by atoms with E-state index in [0.29, 0.717) is 10.9 Å². The van der Waals surface area contributed by atoms with E-state index in [2.05, 4.69) is 18.7 Å². The molecule has 14 heavy (non-hydrogen) atoms. The number of ether oxygens (including phenoxy) is 1. The van der Waals surface area contributed by atoms with Crippen LogP contribution in [-0.2, 0) is 4.74 Å². The Labute approximate surface area is 91.0 Å². The van der Waals surface area contributed by atoms with E-state index in [4.69, 9.17) is 10.5 Å². The van der Waals surface area contributed by atoms with Gasteiger partial charge in [-0.3, -0.25) is 0 Å². The lowest BCUT2D eigenvalue weighted by molar-refractivity contribution is -0.125. The highest BCUT2D eigenvalue weighted by atomic mass is 32.2. The molecule has 82 valence electrons. The van der Waals surface area contributed by atoms with Gasteiger partial charge in [-0.1, -0.05) is 6.92 Å². The highest BCUT2D eigenvalue weighted by Crippen LogP contribution is 2.45. The summed E-state index contributed by atoms with van der Waals surface area (Å²) in [5.74, 6) is 0. The lowest BCUT2D eigenvalue weighted by Gasteiger charge is -2.47. The quantitative estimate of drug-likeness (QED) is 0.783. The average Bonchev–Trinajstić information content (AvgIpc) is 2.16. The third-order valence-corrected chi connectivity index (χ3v) is 4.91. The van der Waals surface area contributed by atoms with Crippen molar-refractivity contribution in [1.82, 2.24) is 0 Å². The second-order valence-corrected chi connectivity index (χ2v) is 6.43. The SMILES string of the molecule is CC(CN)SC1CCOC2(CCC2)C1. The summed E-state index contributed by atoms with van der Waals surface area (Å²) in [5, 5.41) is 1.40. The van der Waals surface area contributed by atoms with Gasteiger partial charge < -0.3 is 10.5 Å².